The average Bonchev–Trinajstić information content (AvgIpc) is 2.72. The summed E-state index contributed by atoms with van der Waals surface area (Å²) in [6, 6.07) is 3.17. The molecule has 0 atom stereocenters. The lowest BCUT2D eigenvalue weighted by atomic mass is 10.1. The second-order valence-corrected chi connectivity index (χ2v) is 3.89. The number of benzene rings is 1. The van der Waals surface area contributed by atoms with E-state index in [1.54, 1.807) is 25.1 Å². The van der Waals surface area contributed by atoms with Crippen LogP contribution in [0.3, 0.4) is 0 Å². The van der Waals surface area contributed by atoms with E-state index in [0.717, 1.165) is 0 Å². The molecule has 0 aliphatic carbocycles. The first kappa shape index (κ1) is 12.9. The summed E-state index contributed by atoms with van der Waals surface area (Å²) >= 11 is 0. The van der Waals surface area contributed by atoms with Gasteiger partial charge in [0.1, 0.15) is 0 Å². The first-order chi connectivity index (χ1) is 9.06. The summed E-state index contributed by atoms with van der Waals surface area (Å²) < 4.78 is 10.1. The fraction of sp³-hybridized carbons (Fsp3) is 0.231. The Balaban J connectivity index is 2.49. The second-order valence-electron chi connectivity index (χ2n) is 3.89. The lowest BCUT2D eigenvalue weighted by Gasteiger charge is -2.09. The molecule has 100 valence electrons. The molecule has 0 amide bonds. The summed E-state index contributed by atoms with van der Waals surface area (Å²) in [5.74, 6) is -0.0886. The second kappa shape index (κ2) is 5.01. The van der Waals surface area contributed by atoms with Gasteiger partial charge in [0, 0.05) is 0 Å². The van der Waals surface area contributed by atoms with Crippen molar-refractivity contribution in [2.75, 3.05) is 14.2 Å². The average molecular weight is 263 g/mol. The van der Waals surface area contributed by atoms with E-state index < -0.39 is 5.97 Å². The summed E-state index contributed by atoms with van der Waals surface area (Å²) in [7, 11) is 2.86. The zero-order valence-electron chi connectivity index (χ0n) is 10.8. The summed E-state index contributed by atoms with van der Waals surface area (Å²) in [5.41, 5.74) is 1.49. The van der Waals surface area contributed by atoms with Gasteiger partial charge in [-0.3, -0.25) is 0 Å². The summed E-state index contributed by atoms with van der Waals surface area (Å²) in [6.07, 6.45) is 1.60. The van der Waals surface area contributed by atoms with Gasteiger partial charge in [-0.25, -0.2) is 4.79 Å². The van der Waals surface area contributed by atoms with E-state index in [4.69, 9.17) is 9.47 Å². The first-order valence-corrected chi connectivity index (χ1v) is 5.49. The maximum atomic E-state index is 11.4. The number of ether oxygens (including phenoxy) is 2. The van der Waals surface area contributed by atoms with Gasteiger partial charge in [0.05, 0.1) is 25.5 Å². The lowest BCUT2D eigenvalue weighted by molar-refractivity contribution is -0.136. The molecule has 19 heavy (non-hydrogen) atoms. The number of hydrogen-bond acceptors (Lipinski definition) is 6. The molecule has 1 N–H and O–H groups in total. The summed E-state index contributed by atoms with van der Waals surface area (Å²) in [6.45, 7) is 1.67. The molecule has 0 unspecified atom stereocenters. The SMILES string of the molecule is COc1cc(C=C2C(=O)ON=C2C)cc(OC)c1O. The molecule has 0 aromatic heterocycles. The van der Waals surface area contributed by atoms with E-state index in [1.165, 1.54) is 14.2 Å². The predicted octanol–water partition coefficient (Wildman–Crippen LogP) is 1.73. The molecule has 1 aromatic rings. The fourth-order valence-electron chi connectivity index (χ4n) is 1.68. The van der Waals surface area contributed by atoms with Crippen molar-refractivity contribution in [2.24, 2.45) is 5.16 Å². The monoisotopic (exact) mass is 263 g/mol. The molecule has 6 nitrogen and oxygen atoms in total. The summed E-state index contributed by atoms with van der Waals surface area (Å²) in [5, 5.41) is 13.4. The Morgan fingerprint density at radius 1 is 1.26 bits per heavy atom. The predicted molar refractivity (Wildman–Crippen MR) is 68.4 cm³/mol. The van der Waals surface area contributed by atoms with Crippen LogP contribution in [0.5, 0.6) is 17.2 Å². The molecule has 0 fully saturated rings. The zero-order chi connectivity index (χ0) is 14.0. The Labute approximate surface area is 109 Å². The number of phenols is 1. The van der Waals surface area contributed by atoms with Crippen LogP contribution in [0.25, 0.3) is 6.08 Å². The molecule has 2 rings (SSSR count). The Kier molecular flexibility index (Phi) is 3.41. The van der Waals surface area contributed by atoms with Crippen LogP contribution >= 0.6 is 0 Å². The zero-order valence-corrected chi connectivity index (χ0v) is 10.8. The van der Waals surface area contributed by atoms with Crippen molar-refractivity contribution in [2.45, 2.75) is 6.92 Å². The number of hydrogen-bond donors (Lipinski definition) is 1. The number of rotatable bonds is 3. The van der Waals surface area contributed by atoms with Crippen LogP contribution in [-0.2, 0) is 9.63 Å². The van der Waals surface area contributed by atoms with Crippen LogP contribution < -0.4 is 9.47 Å². The number of phenolic OH excluding ortho intramolecular Hbond substituents is 1. The van der Waals surface area contributed by atoms with Crippen LogP contribution in [0.1, 0.15) is 12.5 Å². The number of aromatic hydroxyl groups is 1. The van der Waals surface area contributed by atoms with Gasteiger partial charge in [0.25, 0.3) is 0 Å². The Morgan fingerprint density at radius 2 is 1.84 bits per heavy atom. The smallest absolute Gasteiger partial charge is 0.367 e. The minimum Gasteiger partial charge on any atom is -0.502 e. The molecule has 0 bridgehead atoms. The molecule has 1 aliphatic heterocycles. The van der Waals surface area contributed by atoms with Gasteiger partial charge < -0.3 is 19.4 Å². The number of carbonyl (C=O) groups is 1. The molecule has 1 aliphatic rings. The Hall–Kier alpha value is -2.50. The quantitative estimate of drug-likeness (QED) is 0.663. The number of oxime groups is 1. The van der Waals surface area contributed by atoms with Crippen LogP contribution in [-0.4, -0.2) is 31.0 Å². The van der Waals surface area contributed by atoms with Gasteiger partial charge in [-0.15, -0.1) is 0 Å². The molecule has 1 aromatic carbocycles. The minimum absolute atomic E-state index is 0.0912. The summed E-state index contributed by atoms with van der Waals surface area (Å²) in [4.78, 5) is 16.0. The van der Waals surface area contributed by atoms with Crippen molar-refractivity contribution in [1.29, 1.82) is 0 Å². The van der Waals surface area contributed by atoms with E-state index in [1.807, 2.05) is 0 Å². The van der Waals surface area contributed by atoms with Crippen molar-refractivity contribution in [3.63, 3.8) is 0 Å². The third kappa shape index (κ3) is 2.37. The first-order valence-electron chi connectivity index (χ1n) is 5.49. The largest absolute Gasteiger partial charge is 0.502 e. The maximum absolute atomic E-state index is 11.4. The normalized spacial score (nSPS) is 16.3. The van der Waals surface area contributed by atoms with Gasteiger partial charge in [0.2, 0.25) is 5.75 Å². The lowest BCUT2D eigenvalue weighted by Crippen LogP contribution is -2.01. The fourth-order valence-corrected chi connectivity index (χ4v) is 1.68. The number of methoxy groups -OCH3 is 2. The van der Waals surface area contributed by atoms with Crippen molar-refractivity contribution >= 4 is 17.8 Å². The van der Waals surface area contributed by atoms with Gasteiger partial charge in [-0.2, -0.15) is 0 Å². The van der Waals surface area contributed by atoms with E-state index in [0.29, 0.717) is 16.8 Å². The van der Waals surface area contributed by atoms with Crippen LogP contribution in [0, 0.1) is 0 Å². The molecule has 0 radical (unpaired) electrons. The minimum atomic E-state index is -0.511. The molecule has 6 heteroatoms. The number of nitrogens with zero attached hydrogens (tertiary/aromatic N) is 1. The van der Waals surface area contributed by atoms with Crippen molar-refractivity contribution < 1.29 is 24.2 Å². The topological polar surface area (TPSA) is 77.4 Å². The molecule has 0 spiro atoms. The maximum Gasteiger partial charge on any atom is 0.367 e. The van der Waals surface area contributed by atoms with Crippen LogP contribution in [0.4, 0.5) is 0 Å². The van der Waals surface area contributed by atoms with Crippen LogP contribution in [0.2, 0.25) is 0 Å². The standard InChI is InChI=1S/C13H13NO5/c1-7-9(13(16)19-14-7)4-8-5-10(17-2)12(15)11(6-8)18-3/h4-6,15H,1-3H3. The van der Waals surface area contributed by atoms with E-state index in [-0.39, 0.29) is 17.2 Å². The van der Waals surface area contributed by atoms with Crippen molar-refractivity contribution in [3.8, 4) is 17.2 Å². The van der Waals surface area contributed by atoms with Gasteiger partial charge in [-0.1, -0.05) is 5.16 Å². The highest BCUT2D eigenvalue weighted by Gasteiger charge is 2.22. The highest BCUT2D eigenvalue weighted by Crippen LogP contribution is 2.37. The van der Waals surface area contributed by atoms with Gasteiger partial charge >= 0.3 is 5.97 Å². The third-order valence-electron chi connectivity index (χ3n) is 2.69. The van der Waals surface area contributed by atoms with E-state index in [9.17, 15) is 9.90 Å². The van der Waals surface area contributed by atoms with E-state index in [2.05, 4.69) is 9.99 Å². The van der Waals surface area contributed by atoms with Gasteiger partial charge in [-0.05, 0) is 30.7 Å². The molecular weight excluding hydrogens is 250 g/mol. The molecule has 1 heterocycles. The van der Waals surface area contributed by atoms with E-state index >= 15 is 0 Å². The molecular formula is C13H13NO5. The highest BCUT2D eigenvalue weighted by atomic mass is 16.7. The van der Waals surface area contributed by atoms with Crippen molar-refractivity contribution in [1.82, 2.24) is 0 Å². The van der Waals surface area contributed by atoms with Gasteiger partial charge in [0.15, 0.2) is 11.5 Å². The Bertz CT molecular complexity index is 564. The molecule has 0 saturated carbocycles. The molecule has 0 saturated heterocycles. The van der Waals surface area contributed by atoms with Crippen LogP contribution in [0.15, 0.2) is 22.9 Å². The highest BCUT2D eigenvalue weighted by molar-refractivity contribution is 6.24. The Morgan fingerprint density at radius 3 is 2.26 bits per heavy atom. The third-order valence-corrected chi connectivity index (χ3v) is 2.69. The van der Waals surface area contributed by atoms with Crippen molar-refractivity contribution in [3.05, 3.63) is 23.3 Å². The number of carbonyl (C=O) groups excluding carboxylic acids is 1.